The number of amides is 1. The summed E-state index contributed by atoms with van der Waals surface area (Å²) in [5, 5.41) is 6.30. The SMILES string of the molecule is COc1cc(C)c(C)cc1C(=O)NCC1CCNC1. The molecule has 0 radical (unpaired) electrons. The van der Waals surface area contributed by atoms with Gasteiger partial charge in [0.15, 0.2) is 0 Å². The topological polar surface area (TPSA) is 50.4 Å². The summed E-state index contributed by atoms with van der Waals surface area (Å²) < 4.78 is 5.30. The number of benzene rings is 1. The third-order valence-electron chi connectivity index (χ3n) is 3.77. The fourth-order valence-electron chi connectivity index (χ4n) is 2.36. The Balaban J connectivity index is 2.07. The van der Waals surface area contributed by atoms with Crippen molar-refractivity contribution in [2.75, 3.05) is 26.7 Å². The number of aryl methyl sites for hydroxylation is 2. The first-order valence-corrected chi connectivity index (χ1v) is 6.76. The van der Waals surface area contributed by atoms with Gasteiger partial charge in [-0.1, -0.05) is 0 Å². The van der Waals surface area contributed by atoms with E-state index in [1.165, 1.54) is 0 Å². The summed E-state index contributed by atoms with van der Waals surface area (Å²) in [6, 6.07) is 3.82. The maximum absolute atomic E-state index is 12.2. The van der Waals surface area contributed by atoms with Crippen LogP contribution in [0.4, 0.5) is 0 Å². The van der Waals surface area contributed by atoms with Gasteiger partial charge in [-0.2, -0.15) is 0 Å². The van der Waals surface area contributed by atoms with Crippen LogP contribution < -0.4 is 15.4 Å². The number of hydrogen-bond acceptors (Lipinski definition) is 3. The van der Waals surface area contributed by atoms with Crippen molar-refractivity contribution in [3.63, 3.8) is 0 Å². The number of carbonyl (C=O) groups is 1. The van der Waals surface area contributed by atoms with Crippen LogP contribution in [0.5, 0.6) is 5.75 Å². The number of rotatable bonds is 4. The lowest BCUT2D eigenvalue weighted by Crippen LogP contribution is -2.30. The summed E-state index contributed by atoms with van der Waals surface area (Å²) in [6.07, 6.45) is 1.13. The van der Waals surface area contributed by atoms with Crippen molar-refractivity contribution in [2.45, 2.75) is 20.3 Å². The molecular formula is C15H22N2O2. The Bertz CT molecular complexity index is 465. The minimum absolute atomic E-state index is 0.0492. The first-order chi connectivity index (χ1) is 9.11. The summed E-state index contributed by atoms with van der Waals surface area (Å²) >= 11 is 0. The van der Waals surface area contributed by atoms with Gasteiger partial charge in [0.2, 0.25) is 0 Å². The van der Waals surface area contributed by atoms with Crippen LogP contribution in [-0.2, 0) is 0 Å². The third kappa shape index (κ3) is 3.26. The lowest BCUT2D eigenvalue weighted by molar-refractivity contribution is 0.0945. The summed E-state index contributed by atoms with van der Waals surface area (Å²) in [6.45, 7) is 6.79. The molecule has 1 saturated heterocycles. The average molecular weight is 262 g/mol. The van der Waals surface area contributed by atoms with Crippen LogP contribution in [0.2, 0.25) is 0 Å². The van der Waals surface area contributed by atoms with Crippen LogP contribution in [0.1, 0.15) is 27.9 Å². The fourth-order valence-corrected chi connectivity index (χ4v) is 2.36. The second-order valence-electron chi connectivity index (χ2n) is 5.21. The predicted octanol–water partition coefficient (Wildman–Crippen LogP) is 1.65. The van der Waals surface area contributed by atoms with E-state index in [9.17, 15) is 4.79 Å². The molecule has 0 aromatic heterocycles. The Hall–Kier alpha value is -1.55. The Labute approximate surface area is 114 Å². The highest BCUT2D eigenvalue weighted by atomic mass is 16.5. The number of hydrogen-bond donors (Lipinski definition) is 2. The molecule has 0 saturated carbocycles. The van der Waals surface area contributed by atoms with E-state index >= 15 is 0 Å². The van der Waals surface area contributed by atoms with E-state index in [-0.39, 0.29) is 5.91 Å². The van der Waals surface area contributed by atoms with E-state index in [2.05, 4.69) is 10.6 Å². The highest BCUT2D eigenvalue weighted by Crippen LogP contribution is 2.23. The molecule has 0 bridgehead atoms. The van der Waals surface area contributed by atoms with E-state index in [4.69, 9.17) is 4.74 Å². The molecule has 1 aliphatic rings. The van der Waals surface area contributed by atoms with Crippen LogP contribution >= 0.6 is 0 Å². The Morgan fingerprint density at radius 1 is 1.42 bits per heavy atom. The Kier molecular flexibility index (Phi) is 4.43. The first kappa shape index (κ1) is 13.9. The molecule has 2 N–H and O–H groups in total. The second-order valence-corrected chi connectivity index (χ2v) is 5.21. The summed E-state index contributed by atoms with van der Waals surface area (Å²) in [5.74, 6) is 1.14. The van der Waals surface area contributed by atoms with Gasteiger partial charge >= 0.3 is 0 Å². The lowest BCUT2D eigenvalue weighted by atomic mass is 10.0. The van der Waals surface area contributed by atoms with Crippen molar-refractivity contribution in [3.8, 4) is 5.75 Å². The van der Waals surface area contributed by atoms with Gasteiger partial charge in [0, 0.05) is 6.54 Å². The quantitative estimate of drug-likeness (QED) is 0.867. The van der Waals surface area contributed by atoms with E-state index in [0.717, 1.165) is 37.2 Å². The molecule has 1 atom stereocenters. The van der Waals surface area contributed by atoms with E-state index in [1.54, 1.807) is 7.11 Å². The zero-order valence-corrected chi connectivity index (χ0v) is 11.9. The molecule has 1 unspecified atom stereocenters. The highest BCUT2D eigenvalue weighted by molar-refractivity contribution is 5.97. The van der Waals surface area contributed by atoms with E-state index in [1.807, 2.05) is 26.0 Å². The molecule has 0 aliphatic carbocycles. The number of carbonyl (C=O) groups excluding carboxylic acids is 1. The molecule has 1 aromatic carbocycles. The van der Waals surface area contributed by atoms with Crippen LogP contribution in [0.25, 0.3) is 0 Å². The molecular weight excluding hydrogens is 240 g/mol. The smallest absolute Gasteiger partial charge is 0.255 e. The van der Waals surface area contributed by atoms with Crippen LogP contribution in [0, 0.1) is 19.8 Å². The molecule has 1 heterocycles. The summed E-state index contributed by atoms with van der Waals surface area (Å²) in [7, 11) is 1.60. The van der Waals surface area contributed by atoms with Crippen molar-refractivity contribution in [1.29, 1.82) is 0 Å². The van der Waals surface area contributed by atoms with Gasteiger partial charge in [0.05, 0.1) is 12.7 Å². The van der Waals surface area contributed by atoms with Gasteiger partial charge in [0.25, 0.3) is 5.91 Å². The summed E-state index contributed by atoms with van der Waals surface area (Å²) in [4.78, 5) is 12.2. The van der Waals surface area contributed by atoms with Gasteiger partial charge in [-0.15, -0.1) is 0 Å². The molecule has 0 spiro atoms. The molecule has 1 fully saturated rings. The molecule has 1 amide bonds. The van der Waals surface area contributed by atoms with Crippen molar-refractivity contribution < 1.29 is 9.53 Å². The molecule has 19 heavy (non-hydrogen) atoms. The minimum Gasteiger partial charge on any atom is -0.496 e. The van der Waals surface area contributed by atoms with E-state index < -0.39 is 0 Å². The molecule has 4 heteroatoms. The Morgan fingerprint density at radius 3 is 2.79 bits per heavy atom. The standard InChI is InChI=1S/C15H22N2O2/c1-10-6-13(14(19-3)7-11(10)2)15(18)17-9-12-4-5-16-8-12/h6-7,12,16H,4-5,8-9H2,1-3H3,(H,17,18). The fraction of sp³-hybridized carbons (Fsp3) is 0.533. The number of nitrogens with one attached hydrogen (secondary N) is 2. The maximum Gasteiger partial charge on any atom is 0.255 e. The molecule has 104 valence electrons. The number of methoxy groups -OCH3 is 1. The van der Waals surface area contributed by atoms with Gasteiger partial charge in [-0.25, -0.2) is 0 Å². The predicted molar refractivity (Wildman–Crippen MR) is 75.8 cm³/mol. The van der Waals surface area contributed by atoms with Crippen LogP contribution in [0.3, 0.4) is 0 Å². The third-order valence-corrected chi connectivity index (χ3v) is 3.77. The molecule has 2 rings (SSSR count). The van der Waals surface area contributed by atoms with Crippen molar-refractivity contribution in [2.24, 2.45) is 5.92 Å². The minimum atomic E-state index is -0.0492. The maximum atomic E-state index is 12.2. The zero-order chi connectivity index (χ0) is 13.8. The summed E-state index contributed by atoms with van der Waals surface area (Å²) in [5.41, 5.74) is 2.86. The van der Waals surface area contributed by atoms with Crippen molar-refractivity contribution in [1.82, 2.24) is 10.6 Å². The van der Waals surface area contributed by atoms with Gasteiger partial charge in [-0.3, -0.25) is 4.79 Å². The first-order valence-electron chi connectivity index (χ1n) is 6.76. The molecule has 4 nitrogen and oxygen atoms in total. The molecule has 1 aliphatic heterocycles. The lowest BCUT2D eigenvalue weighted by Gasteiger charge is -2.14. The Morgan fingerprint density at radius 2 is 2.16 bits per heavy atom. The van der Waals surface area contributed by atoms with Gasteiger partial charge in [-0.05, 0) is 62.5 Å². The highest BCUT2D eigenvalue weighted by Gasteiger charge is 2.18. The largest absolute Gasteiger partial charge is 0.496 e. The normalized spacial score (nSPS) is 18.4. The van der Waals surface area contributed by atoms with Crippen LogP contribution in [-0.4, -0.2) is 32.7 Å². The zero-order valence-electron chi connectivity index (χ0n) is 11.9. The van der Waals surface area contributed by atoms with Crippen molar-refractivity contribution in [3.05, 3.63) is 28.8 Å². The van der Waals surface area contributed by atoms with Gasteiger partial charge < -0.3 is 15.4 Å². The molecule has 1 aromatic rings. The van der Waals surface area contributed by atoms with Crippen LogP contribution in [0.15, 0.2) is 12.1 Å². The number of ether oxygens (including phenoxy) is 1. The monoisotopic (exact) mass is 262 g/mol. The van der Waals surface area contributed by atoms with E-state index in [0.29, 0.717) is 17.2 Å². The van der Waals surface area contributed by atoms with Crippen molar-refractivity contribution >= 4 is 5.91 Å². The van der Waals surface area contributed by atoms with Gasteiger partial charge in [0.1, 0.15) is 5.75 Å². The average Bonchev–Trinajstić information content (AvgIpc) is 2.91. The second kappa shape index (κ2) is 6.06.